The first-order valence-electron chi connectivity index (χ1n) is 11.7. The van der Waals surface area contributed by atoms with Gasteiger partial charge in [0.05, 0.1) is 11.9 Å². The fraction of sp³-hybridized carbons (Fsp3) is 0.500. The number of aromatic nitrogens is 1. The third-order valence-electron chi connectivity index (χ3n) is 7.55. The van der Waals surface area contributed by atoms with Crippen LogP contribution in [0.5, 0.6) is 0 Å². The van der Waals surface area contributed by atoms with Gasteiger partial charge in [0, 0.05) is 31.6 Å². The summed E-state index contributed by atoms with van der Waals surface area (Å²) in [4.78, 5) is 8.41. The standard InChI is InChI=1S/C26H30F3N3/c1-18-3-2-13-31(18)14-12-19-4-6-20(7-5-19)23-10-8-21-16-32(17-24(21)23)22-9-11-25(30-15-22)26(27,28)29/h4-7,9-11,15,18,21,24H,2-3,8,12-14,16-17H2,1H3/t18-,21-,24+/m1/s1. The van der Waals surface area contributed by atoms with Crippen molar-refractivity contribution in [2.45, 2.75) is 44.8 Å². The van der Waals surface area contributed by atoms with Crippen LogP contribution in [0.15, 0.2) is 48.7 Å². The summed E-state index contributed by atoms with van der Waals surface area (Å²) in [5.74, 6) is 0.942. The first kappa shape index (κ1) is 21.5. The average molecular weight is 442 g/mol. The van der Waals surface area contributed by atoms with E-state index in [4.69, 9.17) is 0 Å². The number of hydrogen-bond donors (Lipinski definition) is 0. The molecule has 0 saturated carbocycles. The first-order chi connectivity index (χ1) is 15.4. The van der Waals surface area contributed by atoms with Gasteiger partial charge in [-0.1, -0.05) is 30.3 Å². The lowest BCUT2D eigenvalue weighted by atomic mass is 9.90. The largest absolute Gasteiger partial charge is 0.433 e. The first-order valence-corrected chi connectivity index (χ1v) is 11.7. The van der Waals surface area contributed by atoms with Crippen molar-refractivity contribution in [3.8, 4) is 0 Å². The number of fused-ring (bicyclic) bond motifs is 1. The molecule has 0 bridgehead atoms. The summed E-state index contributed by atoms with van der Waals surface area (Å²) in [6.07, 6.45) is 4.08. The van der Waals surface area contributed by atoms with Crippen LogP contribution in [0, 0.1) is 11.8 Å². The van der Waals surface area contributed by atoms with E-state index in [2.05, 4.69) is 52.0 Å². The molecule has 170 valence electrons. The van der Waals surface area contributed by atoms with E-state index in [1.54, 1.807) is 6.07 Å². The van der Waals surface area contributed by atoms with Crippen molar-refractivity contribution in [1.82, 2.24) is 9.88 Å². The number of allylic oxidation sites excluding steroid dienone is 1. The zero-order valence-corrected chi connectivity index (χ0v) is 18.5. The molecule has 32 heavy (non-hydrogen) atoms. The van der Waals surface area contributed by atoms with Crippen LogP contribution in [0.2, 0.25) is 0 Å². The summed E-state index contributed by atoms with van der Waals surface area (Å²) >= 11 is 0. The summed E-state index contributed by atoms with van der Waals surface area (Å²) in [5.41, 5.74) is 3.99. The molecule has 1 aliphatic carbocycles. The van der Waals surface area contributed by atoms with Crippen LogP contribution in [0.4, 0.5) is 18.9 Å². The Bertz CT molecular complexity index is 965. The lowest BCUT2D eigenvalue weighted by Crippen LogP contribution is -2.28. The van der Waals surface area contributed by atoms with E-state index < -0.39 is 11.9 Å². The third kappa shape index (κ3) is 4.29. The van der Waals surface area contributed by atoms with E-state index in [9.17, 15) is 13.2 Å². The van der Waals surface area contributed by atoms with Crippen molar-refractivity contribution in [2.24, 2.45) is 11.8 Å². The number of nitrogens with zero attached hydrogens (tertiary/aromatic N) is 3. The quantitative estimate of drug-likeness (QED) is 0.596. The van der Waals surface area contributed by atoms with Crippen LogP contribution in [-0.2, 0) is 12.6 Å². The van der Waals surface area contributed by atoms with Crippen LogP contribution < -0.4 is 4.90 Å². The molecule has 0 amide bonds. The topological polar surface area (TPSA) is 19.4 Å². The van der Waals surface area contributed by atoms with Crippen molar-refractivity contribution >= 4 is 11.3 Å². The molecule has 2 saturated heterocycles. The molecule has 3 nitrogen and oxygen atoms in total. The second kappa shape index (κ2) is 8.54. The second-order valence-electron chi connectivity index (χ2n) is 9.54. The van der Waals surface area contributed by atoms with E-state index in [0.29, 0.717) is 17.9 Å². The summed E-state index contributed by atoms with van der Waals surface area (Å²) in [5, 5.41) is 0. The minimum atomic E-state index is -4.39. The lowest BCUT2D eigenvalue weighted by Gasteiger charge is -2.21. The molecular formula is C26H30F3N3. The van der Waals surface area contributed by atoms with Gasteiger partial charge >= 0.3 is 6.18 Å². The Kier molecular flexibility index (Phi) is 5.74. The molecule has 1 aromatic carbocycles. The minimum absolute atomic E-state index is 0.425. The molecule has 5 rings (SSSR count). The molecule has 3 heterocycles. The van der Waals surface area contributed by atoms with Crippen LogP contribution in [0.25, 0.3) is 5.57 Å². The van der Waals surface area contributed by atoms with Crippen LogP contribution in [-0.4, -0.2) is 42.1 Å². The van der Waals surface area contributed by atoms with Gasteiger partial charge in [0.2, 0.25) is 0 Å². The number of benzene rings is 1. The van der Waals surface area contributed by atoms with Crippen molar-refractivity contribution < 1.29 is 13.2 Å². The molecule has 6 heteroatoms. The zero-order valence-electron chi connectivity index (χ0n) is 18.5. The Hall–Kier alpha value is -2.34. The maximum atomic E-state index is 12.8. The van der Waals surface area contributed by atoms with Crippen molar-refractivity contribution in [3.05, 3.63) is 65.5 Å². The number of alkyl halides is 3. The van der Waals surface area contributed by atoms with E-state index in [1.807, 2.05) is 0 Å². The number of pyridine rings is 1. The van der Waals surface area contributed by atoms with Gasteiger partial charge in [-0.25, -0.2) is 4.98 Å². The molecule has 3 aliphatic rings. The Labute approximate surface area is 187 Å². The van der Waals surface area contributed by atoms with E-state index in [1.165, 1.54) is 42.3 Å². The molecule has 2 aromatic rings. The molecule has 1 aromatic heterocycles. The maximum Gasteiger partial charge on any atom is 0.433 e. The number of hydrogen-bond acceptors (Lipinski definition) is 3. The SMILES string of the molecule is C[C@@H]1CCCN1CCc1ccc(C2=CC[C@@H]3CN(c4ccc(C(F)(F)F)nc4)C[C@H]23)cc1. The number of halogens is 3. The number of likely N-dealkylation sites (tertiary alicyclic amines) is 1. The third-order valence-corrected chi connectivity index (χ3v) is 7.55. The van der Waals surface area contributed by atoms with Gasteiger partial charge in [-0.15, -0.1) is 0 Å². The van der Waals surface area contributed by atoms with Gasteiger partial charge in [0.15, 0.2) is 0 Å². The van der Waals surface area contributed by atoms with Crippen molar-refractivity contribution in [3.63, 3.8) is 0 Å². The van der Waals surface area contributed by atoms with Gasteiger partial charge in [-0.3, -0.25) is 0 Å². The summed E-state index contributed by atoms with van der Waals surface area (Å²) in [7, 11) is 0. The highest BCUT2D eigenvalue weighted by atomic mass is 19.4. The molecule has 0 spiro atoms. The number of anilines is 1. The van der Waals surface area contributed by atoms with Gasteiger partial charge < -0.3 is 9.80 Å². The van der Waals surface area contributed by atoms with Gasteiger partial charge in [0.25, 0.3) is 0 Å². The average Bonchev–Trinajstić information content (AvgIpc) is 3.48. The van der Waals surface area contributed by atoms with E-state index in [-0.39, 0.29) is 0 Å². The Morgan fingerprint density at radius 2 is 1.88 bits per heavy atom. The minimum Gasteiger partial charge on any atom is -0.369 e. The highest BCUT2D eigenvalue weighted by molar-refractivity contribution is 5.72. The van der Waals surface area contributed by atoms with E-state index in [0.717, 1.165) is 44.2 Å². The fourth-order valence-electron chi connectivity index (χ4n) is 5.64. The predicted molar refractivity (Wildman–Crippen MR) is 121 cm³/mol. The highest BCUT2D eigenvalue weighted by Gasteiger charge is 2.39. The summed E-state index contributed by atoms with van der Waals surface area (Å²) < 4.78 is 38.4. The van der Waals surface area contributed by atoms with E-state index >= 15 is 0 Å². The summed E-state index contributed by atoms with van der Waals surface area (Å²) in [6.45, 7) is 6.37. The molecule has 2 fully saturated rings. The van der Waals surface area contributed by atoms with Crippen LogP contribution >= 0.6 is 0 Å². The van der Waals surface area contributed by atoms with Crippen LogP contribution in [0.1, 0.15) is 43.0 Å². The van der Waals surface area contributed by atoms with Crippen molar-refractivity contribution in [2.75, 3.05) is 31.1 Å². The van der Waals surface area contributed by atoms with Gasteiger partial charge in [0.1, 0.15) is 5.69 Å². The lowest BCUT2D eigenvalue weighted by molar-refractivity contribution is -0.141. The second-order valence-corrected chi connectivity index (χ2v) is 9.54. The number of rotatable bonds is 5. The molecule has 2 aliphatic heterocycles. The maximum absolute atomic E-state index is 12.8. The van der Waals surface area contributed by atoms with Gasteiger partial charge in [-0.2, -0.15) is 13.2 Å². The van der Waals surface area contributed by atoms with Gasteiger partial charge in [-0.05, 0) is 73.9 Å². The normalized spacial score (nSPS) is 25.9. The summed E-state index contributed by atoms with van der Waals surface area (Å²) in [6, 6.07) is 12.4. The Morgan fingerprint density at radius 1 is 1.06 bits per heavy atom. The molecule has 0 unspecified atom stereocenters. The van der Waals surface area contributed by atoms with Crippen molar-refractivity contribution in [1.29, 1.82) is 0 Å². The molecular weight excluding hydrogens is 411 g/mol. The molecule has 3 atom stereocenters. The monoisotopic (exact) mass is 441 g/mol. The predicted octanol–water partition coefficient (Wildman–Crippen LogP) is 5.67. The Balaban J connectivity index is 1.22. The highest BCUT2D eigenvalue weighted by Crippen LogP contribution is 2.44. The van der Waals surface area contributed by atoms with Crippen LogP contribution in [0.3, 0.4) is 0 Å². The molecule has 0 radical (unpaired) electrons. The fourth-order valence-corrected chi connectivity index (χ4v) is 5.64. The Morgan fingerprint density at radius 3 is 2.53 bits per heavy atom. The molecule has 0 N–H and O–H groups in total. The zero-order chi connectivity index (χ0) is 22.3. The smallest absolute Gasteiger partial charge is 0.369 e.